The summed E-state index contributed by atoms with van der Waals surface area (Å²) in [6, 6.07) is 18.8. The largest absolute Gasteiger partial charge is 0.486 e. The minimum atomic E-state index is -1.12. The van der Waals surface area contributed by atoms with Crippen LogP contribution in [-0.2, 0) is 0 Å². The van der Waals surface area contributed by atoms with Gasteiger partial charge in [-0.2, -0.15) is 0 Å². The Bertz CT molecular complexity index is 1610. The molecule has 3 aromatic carbocycles. The highest BCUT2D eigenvalue weighted by Gasteiger charge is 2.16. The first-order valence-electron chi connectivity index (χ1n) is 12.5. The zero-order chi connectivity index (χ0) is 28.1. The average molecular weight is 543 g/mol. The molecule has 1 aromatic heterocycles. The monoisotopic (exact) mass is 542 g/mol. The van der Waals surface area contributed by atoms with Gasteiger partial charge in [0.05, 0.1) is 12.1 Å². The van der Waals surface area contributed by atoms with E-state index < -0.39 is 6.09 Å². The van der Waals surface area contributed by atoms with Crippen LogP contribution in [0.25, 0.3) is 10.9 Å². The molecule has 11 heteroatoms. The number of hydrogen-bond donors (Lipinski definition) is 4. The fourth-order valence-electron chi connectivity index (χ4n) is 4.06. The summed E-state index contributed by atoms with van der Waals surface area (Å²) in [7, 11) is 0. The van der Waals surface area contributed by atoms with Crippen LogP contribution < -0.4 is 30.2 Å². The Morgan fingerprint density at radius 3 is 2.45 bits per heavy atom. The molecule has 0 unspecified atom stereocenters. The first-order valence-corrected chi connectivity index (χ1v) is 12.5. The van der Waals surface area contributed by atoms with E-state index in [2.05, 4.69) is 20.9 Å². The maximum Gasteiger partial charge on any atom is 0.404 e. The topological polar surface area (TPSA) is 148 Å². The van der Waals surface area contributed by atoms with E-state index >= 15 is 0 Å². The molecule has 3 amide bonds. The third-order valence-corrected chi connectivity index (χ3v) is 6.10. The summed E-state index contributed by atoms with van der Waals surface area (Å²) < 4.78 is 16.5. The molecular formula is C29H26N4O7. The highest BCUT2D eigenvalue weighted by molar-refractivity contribution is 6.08. The van der Waals surface area contributed by atoms with Gasteiger partial charge in [-0.1, -0.05) is 6.07 Å². The van der Waals surface area contributed by atoms with Crippen molar-refractivity contribution in [3.8, 4) is 17.4 Å². The predicted molar refractivity (Wildman–Crippen MR) is 148 cm³/mol. The minimum absolute atomic E-state index is 0.136. The fraction of sp³-hybridized carbons (Fsp3) is 0.172. The molecule has 0 fully saturated rings. The Morgan fingerprint density at radius 2 is 1.62 bits per heavy atom. The lowest BCUT2D eigenvalue weighted by Gasteiger charge is -2.18. The van der Waals surface area contributed by atoms with Crippen LogP contribution in [0.3, 0.4) is 0 Å². The average Bonchev–Trinajstić information content (AvgIpc) is 2.96. The van der Waals surface area contributed by atoms with Crippen molar-refractivity contribution in [2.45, 2.75) is 6.92 Å². The van der Waals surface area contributed by atoms with E-state index in [1.165, 1.54) is 0 Å². The number of pyridine rings is 1. The lowest BCUT2D eigenvalue weighted by atomic mass is 10.1. The van der Waals surface area contributed by atoms with E-state index in [1.807, 2.05) is 13.0 Å². The molecule has 0 atom stereocenters. The van der Waals surface area contributed by atoms with Gasteiger partial charge >= 0.3 is 6.09 Å². The number of nitrogens with zero attached hydrogens (tertiary/aromatic N) is 1. The third-order valence-electron chi connectivity index (χ3n) is 6.10. The minimum Gasteiger partial charge on any atom is -0.486 e. The Labute approximate surface area is 229 Å². The molecule has 4 N–H and O–H groups in total. The lowest BCUT2D eigenvalue weighted by molar-refractivity contribution is 0.101. The van der Waals surface area contributed by atoms with Crippen molar-refractivity contribution in [2.75, 3.05) is 37.0 Å². The molecule has 5 rings (SSSR count). The first-order chi connectivity index (χ1) is 19.4. The maximum atomic E-state index is 13.1. The highest BCUT2D eigenvalue weighted by Crippen LogP contribution is 2.31. The van der Waals surface area contributed by atoms with Crippen LogP contribution in [0.5, 0.6) is 17.4 Å². The number of aryl methyl sites for hydroxylation is 1. The molecule has 0 spiro atoms. The Morgan fingerprint density at radius 1 is 0.875 bits per heavy atom. The summed E-state index contributed by atoms with van der Waals surface area (Å²) in [5.74, 6) is 0.842. The summed E-state index contributed by atoms with van der Waals surface area (Å²) in [5.41, 5.74) is 3.38. The van der Waals surface area contributed by atoms with Gasteiger partial charge in [0.15, 0.2) is 11.5 Å². The van der Waals surface area contributed by atoms with Gasteiger partial charge in [0, 0.05) is 34.0 Å². The molecule has 2 heterocycles. The van der Waals surface area contributed by atoms with Crippen molar-refractivity contribution >= 4 is 40.2 Å². The molecular weight excluding hydrogens is 516 g/mol. The van der Waals surface area contributed by atoms with Gasteiger partial charge in [0.2, 0.25) is 5.88 Å². The second-order valence-corrected chi connectivity index (χ2v) is 8.93. The number of benzene rings is 3. The van der Waals surface area contributed by atoms with Gasteiger partial charge in [0.1, 0.15) is 19.8 Å². The number of rotatable bonds is 8. The normalized spacial score (nSPS) is 11.9. The lowest BCUT2D eigenvalue weighted by Crippen LogP contribution is -2.26. The van der Waals surface area contributed by atoms with Crippen LogP contribution >= 0.6 is 0 Å². The van der Waals surface area contributed by atoms with E-state index in [0.29, 0.717) is 58.6 Å². The summed E-state index contributed by atoms with van der Waals surface area (Å²) in [4.78, 5) is 40.8. The summed E-state index contributed by atoms with van der Waals surface area (Å²) in [6.45, 7) is 3.03. The summed E-state index contributed by atoms with van der Waals surface area (Å²) in [5, 5.41) is 17.3. The zero-order valence-electron chi connectivity index (χ0n) is 21.5. The van der Waals surface area contributed by atoms with Gasteiger partial charge in [-0.3, -0.25) is 9.59 Å². The third kappa shape index (κ3) is 6.21. The van der Waals surface area contributed by atoms with Crippen LogP contribution in [-0.4, -0.2) is 54.4 Å². The second kappa shape index (κ2) is 11.6. The molecule has 11 nitrogen and oxygen atoms in total. The number of carboxylic acid groups (broad SMARTS) is 1. The molecule has 0 radical (unpaired) electrons. The highest BCUT2D eigenvalue weighted by atomic mass is 16.6. The van der Waals surface area contributed by atoms with Crippen LogP contribution in [0.4, 0.5) is 16.2 Å². The van der Waals surface area contributed by atoms with Gasteiger partial charge in [-0.25, -0.2) is 9.78 Å². The number of fused-ring (bicyclic) bond motifs is 2. The van der Waals surface area contributed by atoms with E-state index in [9.17, 15) is 14.4 Å². The first kappa shape index (κ1) is 26.3. The zero-order valence-corrected chi connectivity index (χ0v) is 21.5. The fourth-order valence-corrected chi connectivity index (χ4v) is 4.06. The molecule has 0 bridgehead atoms. The smallest absolute Gasteiger partial charge is 0.404 e. The van der Waals surface area contributed by atoms with Gasteiger partial charge in [-0.05, 0) is 67.1 Å². The van der Waals surface area contributed by atoms with Gasteiger partial charge in [-0.15, -0.1) is 0 Å². The SMILES string of the molecule is Cc1ccc(NC(=O)c2ccc3c(c2)OCCO3)cc1NC(=O)c1ccc2nc(OCCNC(=O)O)ccc2c1. The standard InChI is InChI=1S/C29H26N4O7/c1-17-2-6-21(31-27(34)20-4-8-24-25(15-20)39-13-12-38-24)16-23(17)33-28(35)19-3-7-22-18(14-19)5-9-26(32-22)40-11-10-30-29(36)37/h2-9,14-16,30H,10-13H2,1H3,(H,31,34)(H,33,35)(H,36,37). The van der Waals surface area contributed by atoms with E-state index in [1.54, 1.807) is 60.7 Å². The van der Waals surface area contributed by atoms with Crippen LogP contribution in [0.2, 0.25) is 0 Å². The number of ether oxygens (including phenoxy) is 3. The van der Waals surface area contributed by atoms with Crippen molar-refractivity contribution in [1.82, 2.24) is 10.3 Å². The molecule has 4 aromatic rings. The van der Waals surface area contributed by atoms with E-state index in [-0.39, 0.29) is 25.0 Å². The molecule has 40 heavy (non-hydrogen) atoms. The summed E-state index contributed by atoms with van der Waals surface area (Å²) >= 11 is 0. The second-order valence-electron chi connectivity index (χ2n) is 8.93. The Kier molecular flexibility index (Phi) is 7.63. The quantitative estimate of drug-likeness (QED) is 0.239. The summed E-state index contributed by atoms with van der Waals surface area (Å²) in [6.07, 6.45) is -1.12. The van der Waals surface area contributed by atoms with E-state index in [4.69, 9.17) is 19.3 Å². The Balaban J connectivity index is 1.25. The number of carbonyl (C=O) groups excluding carboxylic acids is 2. The number of amides is 3. The number of hydrogen-bond acceptors (Lipinski definition) is 7. The molecule has 0 saturated heterocycles. The van der Waals surface area contributed by atoms with Crippen LogP contribution in [0.15, 0.2) is 66.7 Å². The molecule has 1 aliphatic rings. The molecule has 0 aliphatic carbocycles. The molecule has 1 aliphatic heterocycles. The van der Waals surface area contributed by atoms with Crippen LogP contribution in [0, 0.1) is 6.92 Å². The Hall–Kier alpha value is -5.32. The number of carbonyl (C=O) groups is 3. The van der Waals surface area contributed by atoms with Gasteiger partial charge in [0.25, 0.3) is 11.8 Å². The van der Waals surface area contributed by atoms with E-state index in [0.717, 1.165) is 10.9 Å². The molecule has 204 valence electrons. The van der Waals surface area contributed by atoms with Crippen molar-refractivity contribution < 1.29 is 33.7 Å². The number of anilines is 2. The van der Waals surface area contributed by atoms with Crippen molar-refractivity contribution in [2.24, 2.45) is 0 Å². The maximum absolute atomic E-state index is 13.1. The number of nitrogens with one attached hydrogen (secondary N) is 3. The number of aromatic nitrogens is 1. The van der Waals surface area contributed by atoms with Crippen molar-refractivity contribution in [3.63, 3.8) is 0 Å². The molecule has 0 saturated carbocycles. The van der Waals surface area contributed by atoms with Gasteiger partial charge < -0.3 is 35.3 Å². The van der Waals surface area contributed by atoms with Crippen molar-refractivity contribution in [1.29, 1.82) is 0 Å². The van der Waals surface area contributed by atoms with Crippen LogP contribution in [0.1, 0.15) is 26.3 Å². The predicted octanol–water partition coefficient (Wildman–Crippen LogP) is 4.47. The van der Waals surface area contributed by atoms with Crippen molar-refractivity contribution in [3.05, 3.63) is 83.4 Å².